The summed E-state index contributed by atoms with van der Waals surface area (Å²) < 4.78 is 10.3. The second-order valence-corrected chi connectivity index (χ2v) is 4.47. The molecular formula is C13H16N2O5. The zero-order valence-electron chi connectivity index (χ0n) is 11.0. The normalized spacial score (nSPS) is 13.9. The van der Waals surface area contributed by atoms with E-state index in [9.17, 15) is 9.59 Å². The summed E-state index contributed by atoms with van der Waals surface area (Å²) in [4.78, 5) is 24.9. The van der Waals surface area contributed by atoms with Crippen molar-refractivity contribution in [1.29, 1.82) is 0 Å². The number of ether oxygens (including phenoxy) is 2. The Hall–Kier alpha value is -2.12. The van der Waals surface area contributed by atoms with Crippen LogP contribution in [0, 0.1) is 0 Å². The van der Waals surface area contributed by atoms with Crippen LogP contribution in [-0.2, 0) is 4.79 Å². The molecule has 0 saturated carbocycles. The minimum absolute atomic E-state index is 0.119. The molecule has 0 aromatic heterocycles. The first kappa shape index (κ1) is 14.3. The van der Waals surface area contributed by atoms with Gasteiger partial charge in [0.1, 0.15) is 6.04 Å². The molecule has 1 aliphatic heterocycles. The van der Waals surface area contributed by atoms with E-state index in [1.807, 2.05) is 0 Å². The standard InChI is InChI=1S/C13H16N2O5/c1-15(13(18)9(14)6-16)5-10(17)8-2-3-11-12(4-8)20-7-19-11/h2-4,9,16H,5-7,14H2,1H3. The molecule has 20 heavy (non-hydrogen) atoms. The van der Waals surface area contributed by atoms with Gasteiger partial charge in [-0.1, -0.05) is 0 Å². The zero-order valence-corrected chi connectivity index (χ0v) is 11.0. The second-order valence-electron chi connectivity index (χ2n) is 4.47. The minimum Gasteiger partial charge on any atom is -0.454 e. The Morgan fingerprint density at radius 1 is 1.40 bits per heavy atom. The Kier molecular flexibility index (Phi) is 4.21. The molecule has 1 aromatic carbocycles. The summed E-state index contributed by atoms with van der Waals surface area (Å²) in [5.74, 6) is 0.371. The zero-order chi connectivity index (χ0) is 14.7. The van der Waals surface area contributed by atoms with Gasteiger partial charge in [-0.05, 0) is 18.2 Å². The van der Waals surface area contributed by atoms with Crippen molar-refractivity contribution in [3.05, 3.63) is 23.8 Å². The summed E-state index contributed by atoms with van der Waals surface area (Å²) >= 11 is 0. The predicted octanol–water partition coefficient (Wildman–Crippen LogP) is -0.624. The number of likely N-dealkylation sites (N-methyl/N-ethyl adjacent to an activating group) is 1. The molecular weight excluding hydrogens is 264 g/mol. The molecule has 0 spiro atoms. The van der Waals surface area contributed by atoms with Gasteiger partial charge in [-0.15, -0.1) is 0 Å². The first-order chi connectivity index (χ1) is 9.52. The van der Waals surface area contributed by atoms with E-state index in [0.29, 0.717) is 17.1 Å². The molecule has 0 bridgehead atoms. The maximum atomic E-state index is 12.1. The fourth-order valence-electron chi connectivity index (χ4n) is 1.82. The van der Waals surface area contributed by atoms with Gasteiger partial charge in [-0.25, -0.2) is 0 Å². The van der Waals surface area contributed by atoms with Crippen LogP contribution in [0.2, 0.25) is 0 Å². The van der Waals surface area contributed by atoms with Gasteiger partial charge in [0.15, 0.2) is 17.3 Å². The molecule has 7 heteroatoms. The van der Waals surface area contributed by atoms with Crippen LogP contribution in [0.5, 0.6) is 11.5 Å². The summed E-state index contributed by atoms with van der Waals surface area (Å²) in [5.41, 5.74) is 5.84. The van der Waals surface area contributed by atoms with Gasteiger partial charge >= 0.3 is 0 Å². The Bertz CT molecular complexity index is 531. The molecule has 1 aromatic rings. The number of amides is 1. The Morgan fingerprint density at radius 3 is 2.80 bits per heavy atom. The van der Waals surface area contributed by atoms with Gasteiger partial charge in [-0.2, -0.15) is 0 Å². The topological polar surface area (TPSA) is 102 Å². The lowest BCUT2D eigenvalue weighted by Gasteiger charge is -2.19. The molecule has 1 unspecified atom stereocenters. The molecule has 0 fully saturated rings. The highest BCUT2D eigenvalue weighted by Gasteiger charge is 2.21. The van der Waals surface area contributed by atoms with Crippen LogP contribution in [0.3, 0.4) is 0 Å². The number of benzene rings is 1. The maximum absolute atomic E-state index is 12.1. The average Bonchev–Trinajstić information content (AvgIpc) is 2.92. The van der Waals surface area contributed by atoms with Crippen LogP contribution in [0.1, 0.15) is 10.4 Å². The summed E-state index contributed by atoms with van der Waals surface area (Å²) in [6.45, 7) is -0.440. The molecule has 1 heterocycles. The second kappa shape index (κ2) is 5.89. The third kappa shape index (κ3) is 2.89. The number of nitrogens with zero attached hydrogens (tertiary/aromatic N) is 1. The number of carbonyl (C=O) groups excluding carboxylic acids is 2. The van der Waals surface area contributed by atoms with Gasteiger partial charge in [-0.3, -0.25) is 9.59 Å². The van der Waals surface area contributed by atoms with E-state index in [1.54, 1.807) is 18.2 Å². The number of Topliss-reactive ketones (excluding diaryl/α,β-unsaturated/α-hetero) is 1. The maximum Gasteiger partial charge on any atom is 0.242 e. The minimum atomic E-state index is -1.01. The lowest BCUT2D eigenvalue weighted by molar-refractivity contribution is -0.131. The predicted molar refractivity (Wildman–Crippen MR) is 69.6 cm³/mol. The van der Waals surface area contributed by atoms with Crippen LogP contribution >= 0.6 is 0 Å². The largest absolute Gasteiger partial charge is 0.454 e. The highest BCUT2D eigenvalue weighted by atomic mass is 16.7. The number of aliphatic hydroxyl groups excluding tert-OH is 1. The molecule has 2 rings (SSSR count). The lowest BCUT2D eigenvalue weighted by atomic mass is 10.1. The van der Waals surface area contributed by atoms with Gasteiger partial charge < -0.3 is 25.2 Å². The third-order valence-electron chi connectivity index (χ3n) is 2.97. The van der Waals surface area contributed by atoms with Crippen molar-refractivity contribution >= 4 is 11.7 Å². The molecule has 1 amide bonds. The lowest BCUT2D eigenvalue weighted by Crippen LogP contribution is -2.45. The number of rotatable bonds is 5. The monoisotopic (exact) mass is 280 g/mol. The fourth-order valence-corrected chi connectivity index (χ4v) is 1.82. The first-order valence-electron chi connectivity index (χ1n) is 6.07. The van der Waals surface area contributed by atoms with Crippen LogP contribution < -0.4 is 15.2 Å². The molecule has 0 radical (unpaired) electrons. The van der Waals surface area contributed by atoms with Crippen molar-refractivity contribution in [3.8, 4) is 11.5 Å². The van der Waals surface area contributed by atoms with Crippen molar-refractivity contribution in [2.75, 3.05) is 27.0 Å². The van der Waals surface area contributed by atoms with Crippen molar-refractivity contribution in [1.82, 2.24) is 4.90 Å². The van der Waals surface area contributed by atoms with Gasteiger partial charge in [0, 0.05) is 12.6 Å². The van der Waals surface area contributed by atoms with Gasteiger partial charge in [0.25, 0.3) is 0 Å². The molecule has 1 atom stereocenters. The number of fused-ring (bicyclic) bond motifs is 1. The molecule has 0 aliphatic carbocycles. The van der Waals surface area contributed by atoms with Crippen molar-refractivity contribution < 1.29 is 24.2 Å². The molecule has 1 aliphatic rings. The van der Waals surface area contributed by atoms with E-state index < -0.39 is 18.6 Å². The molecule has 0 saturated heterocycles. The number of hydrogen-bond donors (Lipinski definition) is 2. The molecule has 7 nitrogen and oxygen atoms in total. The Balaban J connectivity index is 2.03. The number of hydrogen-bond acceptors (Lipinski definition) is 6. The van der Waals surface area contributed by atoms with Gasteiger partial charge in [0.05, 0.1) is 13.2 Å². The smallest absolute Gasteiger partial charge is 0.242 e. The van der Waals surface area contributed by atoms with E-state index in [0.717, 1.165) is 0 Å². The highest BCUT2D eigenvalue weighted by Crippen LogP contribution is 2.32. The average molecular weight is 280 g/mol. The van der Waals surface area contributed by atoms with Crippen molar-refractivity contribution in [3.63, 3.8) is 0 Å². The van der Waals surface area contributed by atoms with Crippen LogP contribution in [0.15, 0.2) is 18.2 Å². The van der Waals surface area contributed by atoms with E-state index in [4.69, 9.17) is 20.3 Å². The number of carbonyl (C=O) groups is 2. The van der Waals surface area contributed by atoms with Crippen LogP contribution in [-0.4, -0.2) is 54.7 Å². The van der Waals surface area contributed by atoms with E-state index in [-0.39, 0.29) is 19.1 Å². The highest BCUT2D eigenvalue weighted by molar-refractivity contribution is 6.00. The fraction of sp³-hybridized carbons (Fsp3) is 0.385. The quantitative estimate of drug-likeness (QED) is 0.697. The Labute approximate surface area is 115 Å². The number of ketones is 1. The van der Waals surface area contributed by atoms with E-state index in [2.05, 4.69) is 0 Å². The van der Waals surface area contributed by atoms with Crippen LogP contribution in [0.4, 0.5) is 0 Å². The summed E-state index contributed by atoms with van der Waals surface area (Å²) in [7, 11) is 1.46. The molecule has 108 valence electrons. The summed E-state index contributed by atoms with van der Waals surface area (Å²) in [6.07, 6.45) is 0. The summed E-state index contributed by atoms with van der Waals surface area (Å²) in [5, 5.41) is 8.82. The first-order valence-corrected chi connectivity index (χ1v) is 6.07. The van der Waals surface area contributed by atoms with Gasteiger partial charge in [0.2, 0.25) is 12.7 Å². The Morgan fingerprint density at radius 2 is 2.10 bits per heavy atom. The SMILES string of the molecule is CN(CC(=O)c1ccc2c(c1)OCO2)C(=O)C(N)CO. The van der Waals surface area contributed by atoms with Crippen molar-refractivity contribution in [2.45, 2.75) is 6.04 Å². The van der Waals surface area contributed by atoms with E-state index >= 15 is 0 Å². The molecule has 3 N–H and O–H groups in total. The number of nitrogens with two attached hydrogens (primary N) is 1. The third-order valence-corrected chi connectivity index (χ3v) is 2.97. The number of aliphatic hydroxyl groups is 1. The van der Waals surface area contributed by atoms with E-state index in [1.165, 1.54) is 11.9 Å². The van der Waals surface area contributed by atoms with Crippen LogP contribution in [0.25, 0.3) is 0 Å². The van der Waals surface area contributed by atoms with Crippen molar-refractivity contribution in [2.24, 2.45) is 5.73 Å². The summed E-state index contributed by atoms with van der Waals surface area (Å²) in [6, 6.07) is 3.83.